The number of piperazine rings is 1. The Morgan fingerprint density at radius 2 is 1.82 bits per heavy atom. The number of rotatable bonds is 7. The zero-order chi connectivity index (χ0) is 28.3. The molecule has 0 saturated carbocycles. The van der Waals surface area contributed by atoms with E-state index in [0.717, 1.165) is 11.3 Å². The predicted molar refractivity (Wildman–Crippen MR) is 149 cm³/mol. The maximum Gasteiger partial charge on any atom is 0.405 e. The molecule has 3 heterocycles. The number of carbonyl (C=O) groups is 3. The first kappa shape index (κ1) is 28.2. The molecule has 12 heteroatoms. The number of nitrogens with two attached hydrogens (primary N) is 1. The highest BCUT2D eigenvalue weighted by atomic mass is 35.5. The smallest absolute Gasteiger partial charge is 0.405 e. The van der Waals surface area contributed by atoms with Gasteiger partial charge in [-0.15, -0.1) is 0 Å². The quantitative estimate of drug-likeness (QED) is 0.348. The van der Waals surface area contributed by atoms with Gasteiger partial charge in [0.1, 0.15) is 12.3 Å². The van der Waals surface area contributed by atoms with Crippen molar-refractivity contribution in [1.82, 2.24) is 14.9 Å². The number of aromatic amines is 1. The second-order valence-corrected chi connectivity index (χ2v) is 11.0. The van der Waals surface area contributed by atoms with Gasteiger partial charge in [-0.1, -0.05) is 44.5 Å². The number of benzene rings is 1. The lowest BCUT2D eigenvalue weighted by molar-refractivity contribution is -0.143. The van der Waals surface area contributed by atoms with Crippen LogP contribution in [-0.4, -0.2) is 76.8 Å². The summed E-state index contributed by atoms with van der Waals surface area (Å²) in [6.45, 7) is 7.04. The number of carbonyl (C=O) groups excluding carboxylic acids is 3. The lowest BCUT2D eigenvalue weighted by Gasteiger charge is -2.41. The summed E-state index contributed by atoms with van der Waals surface area (Å²) in [4.78, 5) is 48.7. The van der Waals surface area contributed by atoms with Crippen molar-refractivity contribution in [3.63, 3.8) is 0 Å². The first-order chi connectivity index (χ1) is 18.5. The van der Waals surface area contributed by atoms with E-state index in [4.69, 9.17) is 27.2 Å². The van der Waals surface area contributed by atoms with Crippen molar-refractivity contribution >= 4 is 51.9 Å². The van der Waals surface area contributed by atoms with E-state index in [1.807, 2.05) is 39.0 Å². The van der Waals surface area contributed by atoms with Crippen LogP contribution in [0.2, 0.25) is 5.02 Å². The van der Waals surface area contributed by atoms with Crippen LogP contribution in [0.15, 0.2) is 42.7 Å². The Hall–Kier alpha value is -3.83. The molecule has 0 bridgehead atoms. The minimum absolute atomic E-state index is 0.319. The minimum atomic E-state index is -1.12. The summed E-state index contributed by atoms with van der Waals surface area (Å²) >= 11 is 6.09. The highest BCUT2D eigenvalue weighted by Crippen LogP contribution is 2.40. The molecule has 3 amide bonds. The van der Waals surface area contributed by atoms with Crippen LogP contribution >= 0.6 is 11.6 Å². The lowest BCUT2D eigenvalue weighted by Crippen LogP contribution is -2.54. The molecular weight excluding hydrogens is 524 g/mol. The third-order valence-electron chi connectivity index (χ3n) is 6.85. The monoisotopic (exact) mass is 556 g/mol. The van der Waals surface area contributed by atoms with Crippen LogP contribution in [0.5, 0.6) is 0 Å². The van der Waals surface area contributed by atoms with E-state index < -0.39 is 36.0 Å². The van der Waals surface area contributed by atoms with Gasteiger partial charge in [0.2, 0.25) is 5.91 Å². The van der Waals surface area contributed by atoms with Crippen molar-refractivity contribution in [2.24, 2.45) is 11.1 Å². The van der Waals surface area contributed by atoms with Crippen LogP contribution in [0, 0.1) is 5.41 Å². The van der Waals surface area contributed by atoms with Crippen molar-refractivity contribution < 1.29 is 24.2 Å². The fraction of sp³-hybridized carbons (Fsp3) is 0.407. The minimum Gasteiger partial charge on any atom is -0.436 e. The number of amides is 3. The summed E-state index contributed by atoms with van der Waals surface area (Å²) in [5.41, 5.74) is 7.73. The number of ether oxygens (including phenoxy) is 1. The Morgan fingerprint density at radius 3 is 2.41 bits per heavy atom. The van der Waals surface area contributed by atoms with Crippen LogP contribution in [0.25, 0.3) is 11.0 Å². The summed E-state index contributed by atoms with van der Waals surface area (Å²) in [5.74, 6) is -1.32. The van der Waals surface area contributed by atoms with E-state index in [1.54, 1.807) is 29.4 Å². The molecule has 208 valence electrons. The number of nitrogens with one attached hydrogen (secondary N) is 2. The normalized spacial score (nSPS) is 15.6. The van der Waals surface area contributed by atoms with Crippen LogP contribution in [0.1, 0.15) is 32.3 Å². The predicted octanol–water partition coefficient (Wildman–Crippen LogP) is 3.09. The van der Waals surface area contributed by atoms with Crippen molar-refractivity contribution in [2.75, 3.05) is 43.0 Å². The van der Waals surface area contributed by atoms with Gasteiger partial charge in [0.05, 0.1) is 16.8 Å². The van der Waals surface area contributed by atoms with Gasteiger partial charge in [-0.3, -0.25) is 9.59 Å². The average Bonchev–Trinajstić information content (AvgIpc) is 3.31. The number of primary amides is 1. The molecule has 1 aromatic carbocycles. The highest BCUT2D eigenvalue weighted by molar-refractivity contribution is 6.30. The maximum atomic E-state index is 13.8. The zero-order valence-electron chi connectivity index (χ0n) is 22.1. The Balaban J connectivity index is 1.57. The molecule has 1 aliphatic rings. The molecule has 0 spiro atoms. The van der Waals surface area contributed by atoms with Gasteiger partial charge in [0, 0.05) is 49.5 Å². The number of pyridine rings is 1. The number of aliphatic hydroxyl groups excluding tert-OH is 1. The van der Waals surface area contributed by atoms with Crippen LogP contribution in [-0.2, 0) is 14.3 Å². The Bertz CT molecular complexity index is 1340. The molecule has 1 saturated heterocycles. The Labute approximate surface area is 231 Å². The molecule has 0 radical (unpaired) electrons. The highest BCUT2D eigenvalue weighted by Gasteiger charge is 2.42. The van der Waals surface area contributed by atoms with E-state index in [-0.39, 0.29) is 5.91 Å². The van der Waals surface area contributed by atoms with E-state index >= 15 is 0 Å². The second-order valence-electron chi connectivity index (χ2n) is 10.5. The van der Waals surface area contributed by atoms with Crippen LogP contribution < -0.4 is 16.0 Å². The number of H-pyrrole nitrogens is 1. The lowest BCUT2D eigenvalue weighted by atomic mass is 9.73. The van der Waals surface area contributed by atoms with Gasteiger partial charge in [0.15, 0.2) is 6.10 Å². The number of anilines is 2. The molecular formula is C27H33ClN6O5. The van der Waals surface area contributed by atoms with Gasteiger partial charge in [0.25, 0.3) is 5.91 Å². The largest absolute Gasteiger partial charge is 0.436 e. The number of halogens is 1. The topological polar surface area (TPSA) is 154 Å². The second kappa shape index (κ2) is 11.5. The standard InChI is InChI=1S/C27H33ClN6O5/c1-27(2,3)22(16-4-6-17(28)7-5-16)23(39-26(29)38)25(37)34-12-10-33(11-13-34)19-8-9-30-24-21(19)18(14-31-24)32-20(36)15-35/h4-9,14,22-23,35H,10-13,15H2,1-3H3,(H2,29,38)(H,30,31)(H,32,36)/t22-,23?/m1/s1. The van der Waals surface area contributed by atoms with Crippen molar-refractivity contribution in [1.29, 1.82) is 0 Å². The SMILES string of the molecule is CC(C)(C)[C@H](c1ccc(Cl)cc1)C(OC(N)=O)C(=O)N1CCN(c2ccnc3[nH]cc(NC(=O)CO)c23)CC1. The fourth-order valence-electron chi connectivity index (χ4n) is 5.12. The molecule has 3 aromatic rings. The van der Waals surface area contributed by atoms with Crippen molar-refractivity contribution in [3.8, 4) is 0 Å². The molecule has 4 rings (SSSR count). The molecule has 0 aliphatic carbocycles. The number of nitrogens with zero attached hydrogens (tertiary/aromatic N) is 3. The molecule has 2 atom stereocenters. The zero-order valence-corrected chi connectivity index (χ0v) is 22.9. The molecule has 11 nitrogen and oxygen atoms in total. The number of aromatic nitrogens is 2. The van der Waals surface area contributed by atoms with Gasteiger partial charge in [-0.25, -0.2) is 9.78 Å². The van der Waals surface area contributed by atoms with Gasteiger partial charge < -0.3 is 35.7 Å². The van der Waals surface area contributed by atoms with Crippen LogP contribution in [0.4, 0.5) is 16.2 Å². The summed E-state index contributed by atoms with van der Waals surface area (Å²) in [6.07, 6.45) is 1.16. The van der Waals surface area contributed by atoms with Crippen molar-refractivity contribution in [3.05, 3.63) is 53.3 Å². The first-order valence-electron chi connectivity index (χ1n) is 12.6. The van der Waals surface area contributed by atoms with E-state index in [9.17, 15) is 14.4 Å². The van der Waals surface area contributed by atoms with Gasteiger partial charge in [-0.05, 0) is 29.2 Å². The van der Waals surface area contributed by atoms with Crippen LogP contribution in [0.3, 0.4) is 0 Å². The molecule has 5 N–H and O–H groups in total. The fourth-order valence-corrected chi connectivity index (χ4v) is 5.25. The average molecular weight is 557 g/mol. The molecule has 39 heavy (non-hydrogen) atoms. The number of hydrogen-bond donors (Lipinski definition) is 4. The van der Waals surface area contributed by atoms with E-state index in [0.29, 0.717) is 47.9 Å². The molecule has 2 aromatic heterocycles. The number of aliphatic hydroxyl groups is 1. The third kappa shape index (κ3) is 6.26. The molecule has 1 unspecified atom stereocenters. The summed E-state index contributed by atoms with van der Waals surface area (Å²) < 4.78 is 5.49. The first-order valence-corrected chi connectivity index (χ1v) is 13.0. The Kier molecular flexibility index (Phi) is 8.31. The maximum absolute atomic E-state index is 13.8. The van der Waals surface area contributed by atoms with Gasteiger partial charge >= 0.3 is 6.09 Å². The number of fused-ring (bicyclic) bond motifs is 1. The summed E-state index contributed by atoms with van der Waals surface area (Å²) in [5, 5.41) is 13.1. The summed E-state index contributed by atoms with van der Waals surface area (Å²) in [7, 11) is 0. The third-order valence-corrected chi connectivity index (χ3v) is 7.10. The van der Waals surface area contributed by atoms with E-state index in [2.05, 4.69) is 20.2 Å². The molecule has 1 fully saturated rings. The Morgan fingerprint density at radius 1 is 1.15 bits per heavy atom. The number of hydrogen-bond acceptors (Lipinski definition) is 7. The molecule has 1 aliphatic heterocycles. The van der Waals surface area contributed by atoms with Gasteiger partial charge in [-0.2, -0.15) is 0 Å². The summed E-state index contributed by atoms with van der Waals surface area (Å²) in [6, 6.07) is 9.00. The van der Waals surface area contributed by atoms with E-state index in [1.165, 1.54) is 0 Å². The van der Waals surface area contributed by atoms with Crippen molar-refractivity contribution in [2.45, 2.75) is 32.8 Å².